The van der Waals surface area contributed by atoms with Gasteiger partial charge >= 0.3 is 0 Å². The van der Waals surface area contributed by atoms with Crippen molar-refractivity contribution in [2.45, 2.75) is 76.7 Å². The van der Waals surface area contributed by atoms with Crippen molar-refractivity contribution < 1.29 is 5.11 Å². The third-order valence-electron chi connectivity index (χ3n) is 7.40. The first-order valence-electron chi connectivity index (χ1n) is 12.0. The van der Waals surface area contributed by atoms with Gasteiger partial charge in [-0.1, -0.05) is 45.9 Å². The van der Waals surface area contributed by atoms with Crippen molar-refractivity contribution in [2.75, 3.05) is 31.1 Å². The SMILES string of the molecule is CC1(C)CCC(C)(C)c2cc(-c3cccc(N4CCCC(NCCCO)C4)n3)ccc21. The van der Waals surface area contributed by atoms with E-state index in [9.17, 15) is 0 Å². The number of fused-ring (bicyclic) bond motifs is 1. The summed E-state index contributed by atoms with van der Waals surface area (Å²) in [4.78, 5) is 7.50. The van der Waals surface area contributed by atoms with Gasteiger partial charge in [0.1, 0.15) is 5.82 Å². The number of aliphatic hydroxyl groups is 1. The van der Waals surface area contributed by atoms with E-state index >= 15 is 0 Å². The highest BCUT2D eigenvalue weighted by atomic mass is 16.3. The Morgan fingerprint density at radius 1 is 1.06 bits per heavy atom. The van der Waals surface area contributed by atoms with Gasteiger partial charge in [-0.25, -0.2) is 4.98 Å². The minimum atomic E-state index is 0.207. The lowest BCUT2D eigenvalue weighted by atomic mass is 9.63. The number of nitrogens with one attached hydrogen (secondary N) is 1. The molecular formula is C27H39N3O. The van der Waals surface area contributed by atoms with Crippen molar-refractivity contribution in [3.8, 4) is 11.3 Å². The summed E-state index contributed by atoms with van der Waals surface area (Å²) < 4.78 is 0. The lowest BCUT2D eigenvalue weighted by Crippen LogP contribution is -2.46. The van der Waals surface area contributed by atoms with Gasteiger partial charge in [0.25, 0.3) is 0 Å². The second kappa shape index (κ2) is 8.91. The molecule has 1 aliphatic carbocycles. The molecule has 2 aliphatic rings. The zero-order chi connectivity index (χ0) is 22.1. The maximum absolute atomic E-state index is 9.04. The number of hydrogen-bond donors (Lipinski definition) is 2. The summed E-state index contributed by atoms with van der Waals surface area (Å²) in [5, 5.41) is 12.6. The van der Waals surface area contributed by atoms with E-state index in [-0.39, 0.29) is 17.4 Å². The molecule has 0 bridgehead atoms. The van der Waals surface area contributed by atoms with E-state index in [1.807, 2.05) is 0 Å². The molecular weight excluding hydrogens is 382 g/mol. The Bertz CT molecular complexity index is 905. The Morgan fingerprint density at radius 3 is 2.61 bits per heavy atom. The Labute approximate surface area is 188 Å². The van der Waals surface area contributed by atoms with Gasteiger partial charge < -0.3 is 15.3 Å². The van der Waals surface area contributed by atoms with Crippen LogP contribution in [0.3, 0.4) is 0 Å². The summed E-state index contributed by atoms with van der Waals surface area (Å²) in [5.74, 6) is 1.07. The Kier molecular flexibility index (Phi) is 6.41. The van der Waals surface area contributed by atoms with Crippen molar-refractivity contribution in [3.05, 3.63) is 47.5 Å². The van der Waals surface area contributed by atoms with Gasteiger partial charge in [-0.2, -0.15) is 0 Å². The fraction of sp³-hybridized carbons (Fsp3) is 0.593. The molecule has 0 radical (unpaired) electrons. The monoisotopic (exact) mass is 421 g/mol. The predicted molar refractivity (Wildman–Crippen MR) is 130 cm³/mol. The lowest BCUT2D eigenvalue weighted by Gasteiger charge is -2.42. The van der Waals surface area contributed by atoms with Crippen LogP contribution in [-0.4, -0.2) is 42.4 Å². The number of benzene rings is 1. The van der Waals surface area contributed by atoms with Gasteiger partial charge in [0.05, 0.1) is 5.69 Å². The molecule has 0 spiro atoms. The van der Waals surface area contributed by atoms with E-state index in [4.69, 9.17) is 10.1 Å². The van der Waals surface area contributed by atoms with Gasteiger partial charge in [-0.3, -0.25) is 0 Å². The molecule has 0 amide bonds. The van der Waals surface area contributed by atoms with Crippen LogP contribution < -0.4 is 10.2 Å². The molecule has 0 saturated carbocycles. The molecule has 1 saturated heterocycles. The fourth-order valence-corrected chi connectivity index (χ4v) is 5.25. The normalized spacial score (nSPS) is 22.2. The van der Waals surface area contributed by atoms with Crippen LogP contribution >= 0.6 is 0 Å². The molecule has 1 unspecified atom stereocenters. The number of aliphatic hydroxyl groups excluding tert-OH is 1. The maximum atomic E-state index is 9.04. The molecule has 4 nitrogen and oxygen atoms in total. The highest BCUT2D eigenvalue weighted by molar-refractivity contribution is 5.65. The Morgan fingerprint density at radius 2 is 1.84 bits per heavy atom. The van der Waals surface area contributed by atoms with E-state index in [2.05, 4.69) is 74.3 Å². The average Bonchev–Trinajstić information content (AvgIpc) is 2.77. The summed E-state index contributed by atoms with van der Waals surface area (Å²) in [6, 6.07) is 13.9. The second-order valence-corrected chi connectivity index (χ2v) is 10.7. The molecule has 4 rings (SSSR count). The summed E-state index contributed by atoms with van der Waals surface area (Å²) in [7, 11) is 0. The van der Waals surface area contributed by atoms with E-state index in [0.29, 0.717) is 6.04 Å². The van der Waals surface area contributed by atoms with Crippen LogP contribution in [0.25, 0.3) is 11.3 Å². The van der Waals surface area contributed by atoms with Crippen LogP contribution in [0.4, 0.5) is 5.82 Å². The van der Waals surface area contributed by atoms with Crippen LogP contribution in [0.5, 0.6) is 0 Å². The van der Waals surface area contributed by atoms with E-state index in [1.54, 1.807) is 0 Å². The number of piperidine rings is 1. The van der Waals surface area contributed by atoms with Crippen LogP contribution in [0, 0.1) is 0 Å². The fourth-order valence-electron chi connectivity index (χ4n) is 5.25. The topological polar surface area (TPSA) is 48.4 Å². The predicted octanol–water partition coefficient (Wildman–Crippen LogP) is 5.04. The van der Waals surface area contributed by atoms with Crippen LogP contribution in [0.15, 0.2) is 36.4 Å². The van der Waals surface area contributed by atoms with Gasteiger partial charge in [-0.05, 0) is 78.8 Å². The van der Waals surface area contributed by atoms with Crippen molar-refractivity contribution in [3.63, 3.8) is 0 Å². The third-order valence-corrected chi connectivity index (χ3v) is 7.40. The molecule has 168 valence electrons. The zero-order valence-corrected chi connectivity index (χ0v) is 19.7. The smallest absolute Gasteiger partial charge is 0.129 e. The van der Waals surface area contributed by atoms with E-state index in [1.165, 1.54) is 42.4 Å². The molecule has 1 atom stereocenters. The Hall–Kier alpha value is -1.91. The lowest BCUT2D eigenvalue weighted by molar-refractivity contribution is 0.280. The first-order chi connectivity index (χ1) is 14.8. The third kappa shape index (κ3) is 4.80. The minimum Gasteiger partial charge on any atom is -0.396 e. The molecule has 31 heavy (non-hydrogen) atoms. The van der Waals surface area contributed by atoms with Crippen molar-refractivity contribution >= 4 is 5.82 Å². The molecule has 4 heteroatoms. The zero-order valence-electron chi connectivity index (χ0n) is 19.7. The quantitative estimate of drug-likeness (QED) is 0.642. The molecule has 2 N–H and O–H groups in total. The molecule has 2 heterocycles. The number of aromatic nitrogens is 1. The number of hydrogen-bond acceptors (Lipinski definition) is 4. The summed E-state index contributed by atoms with van der Waals surface area (Å²) in [5.41, 5.74) is 5.72. The molecule has 2 aromatic rings. The molecule has 1 aromatic heterocycles. The Balaban J connectivity index is 1.58. The summed E-state index contributed by atoms with van der Waals surface area (Å²) >= 11 is 0. The average molecular weight is 422 g/mol. The van der Waals surface area contributed by atoms with Crippen molar-refractivity contribution in [1.29, 1.82) is 0 Å². The van der Waals surface area contributed by atoms with Crippen LogP contribution in [0.2, 0.25) is 0 Å². The number of rotatable bonds is 6. The molecule has 1 aliphatic heterocycles. The first kappa shape index (κ1) is 22.3. The molecule has 1 fully saturated rings. The maximum Gasteiger partial charge on any atom is 0.129 e. The molecule has 1 aromatic carbocycles. The van der Waals surface area contributed by atoms with E-state index in [0.717, 1.165) is 37.6 Å². The standard InChI is InChI=1S/C27H39N3O/c1-26(2)13-14-27(3,4)23-18-20(11-12-22(23)26)24-9-5-10-25(29-24)30-16-6-8-21(19-30)28-15-7-17-31/h5,9-12,18,21,28,31H,6-8,13-17,19H2,1-4H3. The minimum absolute atomic E-state index is 0.207. The van der Waals surface area contributed by atoms with Gasteiger partial charge in [-0.15, -0.1) is 0 Å². The van der Waals surface area contributed by atoms with Crippen LogP contribution in [-0.2, 0) is 10.8 Å². The van der Waals surface area contributed by atoms with Gasteiger partial charge in [0, 0.05) is 31.3 Å². The van der Waals surface area contributed by atoms with Crippen molar-refractivity contribution in [2.24, 2.45) is 0 Å². The number of pyridine rings is 1. The van der Waals surface area contributed by atoms with Gasteiger partial charge in [0.15, 0.2) is 0 Å². The number of anilines is 1. The summed E-state index contributed by atoms with van der Waals surface area (Å²) in [6.07, 6.45) is 5.64. The van der Waals surface area contributed by atoms with Gasteiger partial charge in [0.2, 0.25) is 0 Å². The second-order valence-electron chi connectivity index (χ2n) is 10.7. The first-order valence-corrected chi connectivity index (χ1v) is 12.0. The summed E-state index contributed by atoms with van der Waals surface area (Å²) in [6.45, 7) is 12.7. The highest BCUT2D eigenvalue weighted by Crippen LogP contribution is 2.46. The number of nitrogens with zero attached hydrogens (tertiary/aromatic N) is 2. The van der Waals surface area contributed by atoms with Crippen LogP contribution in [0.1, 0.15) is 70.9 Å². The van der Waals surface area contributed by atoms with Crippen molar-refractivity contribution in [1.82, 2.24) is 10.3 Å². The largest absolute Gasteiger partial charge is 0.396 e. The highest BCUT2D eigenvalue weighted by Gasteiger charge is 2.37. The van der Waals surface area contributed by atoms with E-state index < -0.39 is 0 Å².